The predicted octanol–water partition coefficient (Wildman–Crippen LogP) is 0.714. The lowest BCUT2D eigenvalue weighted by molar-refractivity contribution is -0.141. The maximum absolute atomic E-state index is 12.7. The van der Waals surface area contributed by atoms with Crippen molar-refractivity contribution in [2.24, 2.45) is 5.92 Å². The van der Waals surface area contributed by atoms with Gasteiger partial charge in [0.15, 0.2) is 0 Å². The zero-order valence-corrected chi connectivity index (χ0v) is 13.6. The van der Waals surface area contributed by atoms with Gasteiger partial charge in [-0.15, -0.1) is 0 Å². The largest absolute Gasteiger partial charge is 0.481 e. The van der Waals surface area contributed by atoms with Crippen LogP contribution in [0.4, 0.5) is 0 Å². The molecular formula is C12H12BrN3O5S. The molecule has 0 bridgehead atoms. The first-order valence-electron chi connectivity index (χ1n) is 6.43. The van der Waals surface area contributed by atoms with Gasteiger partial charge in [-0.3, -0.25) is 4.79 Å². The fourth-order valence-corrected chi connectivity index (χ4v) is 5.05. The van der Waals surface area contributed by atoms with E-state index in [2.05, 4.69) is 25.9 Å². The molecule has 1 aromatic carbocycles. The second-order valence-electron chi connectivity index (χ2n) is 5.09. The summed E-state index contributed by atoms with van der Waals surface area (Å²) in [6.07, 6.45) is 0.287. The molecule has 3 rings (SSSR count). The Morgan fingerprint density at radius 3 is 2.55 bits per heavy atom. The molecule has 1 unspecified atom stereocenters. The van der Waals surface area contributed by atoms with Gasteiger partial charge in [0.25, 0.3) is 0 Å². The maximum atomic E-state index is 12.7. The second-order valence-corrected chi connectivity index (χ2v) is 7.85. The number of benzene rings is 1. The van der Waals surface area contributed by atoms with Crippen LogP contribution in [0.15, 0.2) is 26.3 Å². The average Bonchev–Trinajstić information content (AvgIpc) is 3.03. The number of aliphatic carboxylic acids is 1. The Morgan fingerprint density at radius 2 is 1.95 bits per heavy atom. The van der Waals surface area contributed by atoms with Gasteiger partial charge in [0, 0.05) is 17.6 Å². The zero-order valence-electron chi connectivity index (χ0n) is 11.2. The highest BCUT2D eigenvalue weighted by atomic mass is 79.9. The number of carbonyl (C=O) groups is 1. The highest BCUT2D eigenvalue weighted by molar-refractivity contribution is 9.10. The summed E-state index contributed by atoms with van der Waals surface area (Å²) in [4.78, 5) is 27.3. The smallest absolute Gasteiger partial charge is 0.323 e. The minimum Gasteiger partial charge on any atom is -0.481 e. The fraction of sp³-hybridized carbons (Fsp3) is 0.333. The Hall–Kier alpha value is -1.65. The highest BCUT2D eigenvalue weighted by Gasteiger charge is 2.36. The van der Waals surface area contributed by atoms with E-state index >= 15 is 0 Å². The Balaban J connectivity index is 2.04. The summed E-state index contributed by atoms with van der Waals surface area (Å²) >= 11 is 3.20. The lowest BCUT2D eigenvalue weighted by atomic mass is 10.1. The van der Waals surface area contributed by atoms with Gasteiger partial charge in [-0.05, 0) is 34.5 Å². The van der Waals surface area contributed by atoms with Crippen molar-refractivity contribution in [3.05, 3.63) is 27.1 Å². The van der Waals surface area contributed by atoms with Crippen LogP contribution >= 0.6 is 15.9 Å². The molecule has 1 aliphatic heterocycles. The molecule has 22 heavy (non-hydrogen) atoms. The maximum Gasteiger partial charge on any atom is 0.323 e. The van der Waals surface area contributed by atoms with E-state index in [1.54, 1.807) is 0 Å². The summed E-state index contributed by atoms with van der Waals surface area (Å²) in [5, 5.41) is 8.99. The number of nitrogens with one attached hydrogen (secondary N) is 2. The average molecular weight is 390 g/mol. The SMILES string of the molecule is O=C(O)C1CCN(S(=O)(=O)c2cc3[nH]c(=O)[nH]c3cc2Br)C1. The van der Waals surface area contributed by atoms with Crippen molar-refractivity contribution >= 4 is 43.0 Å². The van der Waals surface area contributed by atoms with Gasteiger partial charge in [0.05, 0.1) is 21.8 Å². The number of rotatable bonds is 3. The molecule has 0 amide bonds. The fourth-order valence-electron chi connectivity index (χ4n) is 2.52. The predicted molar refractivity (Wildman–Crippen MR) is 81.1 cm³/mol. The molecule has 0 aliphatic carbocycles. The minimum atomic E-state index is -3.83. The van der Waals surface area contributed by atoms with Gasteiger partial charge in [-0.1, -0.05) is 0 Å². The van der Waals surface area contributed by atoms with Gasteiger partial charge in [0.2, 0.25) is 10.0 Å². The van der Waals surface area contributed by atoms with E-state index in [1.807, 2.05) is 0 Å². The molecule has 1 saturated heterocycles. The molecule has 2 aromatic rings. The summed E-state index contributed by atoms with van der Waals surface area (Å²) in [6, 6.07) is 2.87. The number of nitrogens with zero attached hydrogens (tertiary/aromatic N) is 1. The number of carboxylic acids is 1. The van der Waals surface area contributed by atoms with Crippen LogP contribution in [-0.4, -0.2) is 46.9 Å². The molecule has 1 atom stereocenters. The highest BCUT2D eigenvalue weighted by Crippen LogP contribution is 2.31. The number of hydrogen-bond donors (Lipinski definition) is 3. The molecule has 8 nitrogen and oxygen atoms in total. The van der Waals surface area contributed by atoms with Gasteiger partial charge in [0.1, 0.15) is 0 Å². The van der Waals surface area contributed by atoms with Gasteiger partial charge < -0.3 is 15.1 Å². The van der Waals surface area contributed by atoms with E-state index in [4.69, 9.17) is 5.11 Å². The van der Waals surface area contributed by atoms with E-state index in [9.17, 15) is 18.0 Å². The first-order valence-corrected chi connectivity index (χ1v) is 8.67. The van der Waals surface area contributed by atoms with Crippen molar-refractivity contribution in [3.8, 4) is 0 Å². The minimum absolute atomic E-state index is 0.00119. The van der Waals surface area contributed by atoms with Crippen molar-refractivity contribution in [2.45, 2.75) is 11.3 Å². The number of halogens is 1. The normalized spacial score (nSPS) is 19.8. The van der Waals surface area contributed by atoms with E-state index in [0.29, 0.717) is 15.5 Å². The van der Waals surface area contributed by atoms with Gasteiger partial charge in [-0.2, -0.15) is 4.31 Å². The van der Waals surface area contributed by atoms with E-state index in [-0.39, 0.29) is 24.4 Å². The molecule has 1 aliphatic rings. The third-order valence-electron chi connectivity index (χ3n) is 3.69. The Kier molecular flexibility index (Phi) is 3.62. The summed E-state index contributed by atoms with van der Waals surface area (Å²) < 4.78 is 26.8. The molecule has 118 valence electrons. The van der Waals surface area contributed by atoms with Crippen molar-refractivity contribution in [3.63, 3.8) is 0 Å². The lowest BCUT2D eigenvalue weighted by Gasteiger charge is -2.17. The van der Waals surface area contributed by atoms with E-state index in [1.165, 1.54) is 12.1 Å². The van der Waals surface area contributed by atoms with E-state index < -0.39 is 27.6 Å². The van der Waals surface area contributed by atoms with Crippen LogP contribution < -0.4 is 5.69 Å². The molecule has 10 heteroatoms. The van der Waals surface area contributed by atoms with Crippen molar-refractivity contribution in [1.29, 1.82) is 0 Å². The zero-order chi connectivity index (χ0) is 16.1. The molecular weight excluding hydrogens is 378 g/mol. The summed E-state index contributed by atoms with van der Waals surface area (Å²) in [5.74, 6) is -1.69. The number of H-pyrrole nitrogens is 2. The number of aromatic nitrogens is 2. The van der Waals surface area contributed by atoms with E-state index in [0.717, 1.165) is 4.31 Å². The quantitative estimate of drug-likeness (QED) is 0.713. The van der Waals surface area contributed by atoms with Crippen molar-refractivity contribution < 1.29 is 18.3 Å². The lowest BCUT2D eigenvalue weighted by Crippen LogP contribution is -2.30. The third-order valence-corrected chi connectivity index (χ3v) is 6.51. The molecule has 0 radical (unpaired) electrons. The van der Waals surface area contributed by atoms with Crippen LogP contribution in [0.25, 0.3) is 11.0 Å². The standard InChI is InChI=1S/C12H12BrN3O5S/c13-7-3-8-9(15-12(19)14-8)4-10(7)22(20,21)16-2-1-6(5-16)11(17)18/h3-4,6H,1-2,5H2,(H,17,18)(H2,14,15,19). The number of hydrogen-bond acceptors (Lipinski definition) is 4. The topological polar surface area (TPSA) is 123 Å². The van der Waals surface area contributed by atoms with Gasteiger partial charge >= 0.3 is 11.7 Å². The third kappa shape index (κ3) is 2.46. The molecule has 0 spiro atoms. The first-order chi connectivity index (χ1) is 10.3. The Morgan fingerprint density at radius 1 is 1.32 bits per heavy atom. The molecule has 0 saturated carbocycles. The Labute approximate surface area is 133 Å². The van der Waals surface area contributed by atoms with Crippen LogP contribution in [-0.2, 0) is 14.8 Å². The second kappa shape index (κ2) is 5.21. The monoisotopic (exact) mass is 389 g/mol. The Bertz CT molecular complexity index is 916. The molecule has 3 N–H and O–H groups in total. The van der Waals surface area contributed by atoms with Crippen molar-refractivity contribution in [2.75, 3.05) is 13.1 Å². The van der Waals surface area contributed by atoms with Crippen LogP contribution in [0.1, 0.15) is 6.42 Å². The van der Waals surface area contributed by atoms with Crippen LogP contribution in [0.5, 0.6) is 0 Å². The van der Waals surface area contributed by atoms with Crippen LogP contribution in [0.3, 0.4) is 0 Å². The molecule has 1 aromatic heterocycles. The van der Waals surface area contributed by atoms with Gasteiger partial charge in [-0.25, -0.2) is 13.2 Å². The molecule has 2 heterocycles. The number of carboxylic acid groups (broad SMARTS) is 1. The van der Waals surface area contributed by atoms with Crippen LogP contribution in [0.2, 0.25) is 0 Å². The number of imidazole rings is 1. The number of sulfonamides is 1. The van der Waals surface area contributed by atoms with Crippen LogP contribution in [0, 0.1) is 5.92 Å². The summed E-state index contributed by atoms with van der Waals surface area (Å²) in [5.41, 5.74) is 0.435. The molecule has 1 fully saturated rings. The summed E-state index contributed by atoms with van der Waals surface area (Å²) in [6.45, 7) is 0.110. The first kappa shape index (κ1) is 15.3. The van der Waals surface area contributed by atoms with Crippen molar-refractivity contribution in [1.82, 2.24) is 14.3 Å². The summed E-state index contributed by atoms with van der Waals surface area (Å²) in [7, 11) is -3.83. The number of fused-ring (bicyclic) bond motifs is 1. The number of aromatic amines is 2.